The molecule has 124 valence electrons. The number of allylic oxidation sites excluding steroid dienone is 1. The summed E-state index contributed by atoms with van der Waals surface area (Å²) in [6.45, 7) is 8.95. The molecule has 5 nitrogen and oxygen atoms in total. The Morgan fingerprint density at radius 2 is 1.91 bits per heavy atom. The highest BCUT2D eigenvalue weighted by Gasteiger charge is 2.60. The van der Waals surface area contributed by atoms with Gasteiger partial charge in [0.1, 0.15) is 11.4 Å². The van der Waals surface area contributed by atoms with Crippen LogP contribution in [0.15, 0.2) is 12.7 Å². The van der Waals surface area contributed by atoms with Gasteiger partial charge in [-0.15, -0.1) is 6.58 Å². The third-order valence-electron chi connectivity index (χ3n) is 4.22. The van der Waals surface area contributed by atoms with Crippen LogP contribution >= 0.6 is 0 Å². The van der Waals surface area contributed by atoms with Gasteiger partial charge < -0.3 is 4.74 Å². The highest BCUT2D eigenvalue weighted by Crippen LogP contribution is 2.57. The lowest BCUT2D eigenvalue weighted by atomic mass is 9.94. The molecule has 0 N–H and O–H groups in total. The van der Waals surface area contributed by atoms with Crippen LogP contribution in [0.4, 0.5) is 0 Å². The van der Waals surface area contributed by atoms with Crippen molar-refractivity contribution in [3.05, 3.63) is 12.7 Å². The van der Waals surface area contributed by atoms with Gasteiger partial charge in [-0.25, -0.2) is 8.42 Å². The maximum absolute atomic E-state index is 12.5. The zero-order valence-corrected chi connectivity index (χ0v) is 14.2. The highest BCUT2D eigenvalue weighted by atomic mass is 32.2. The fourth-order valence-corrected chi connectivity index (χ4v) is 4.51. The number of ketones is 1. The first-order valence-electron chi connectivity index (χ1n) is 7.59. The Kier molecular flexibility index (Phi) is 4.28. The Morgan fingerprint density at radius 3 is 2.32 bits per heavy atom. The van der Waals surface area contributed by atoms with E-state index in [1.165, 1.54) is 0 Å². The number of hydrogen-bond donors (Lipinski definition) is 0. The molecule has 0 radical (unpaired) electrons. The second-order valence-electron chi connectivity index (χ2n) is 7.40. The first-order valence-corrected chi connectivity index (χ1v) is 9.31. The molecular weight excluding hydrogens is 304 g/mol. The topological polar surface area (TPSA) is 77.5 Å². The zero-order chi connectivity index (χ0) is 16.8. The van der Waals surface area contributed by atoms with Crippen molar-refractivity contribution in [3.63, 3.8) is 0 Å². The van der Waals surface area contributed by atoms with E-state index in [1.807, 2.05) is 0 Å². The molecule has 0 spiro atoms. The standard InChI is InChI=1S/C16H24O5S/c1-5-11-8-16(11,9-14(18)21-15(2,3)4)13(17)10-22(19,20)12-6-7-12/h5,11-12H,1,6-10H2,2-4H3/t11-,16-/m1/s1. The van der Waals surface area contributed by atoms with Gasteiger partial charge in [0.15, 0.2) is 15.6 Å². The number of ether oxygens (including phenoxy) is 1. The largest absolute Gasteiger partial charge is 0.460 e. The fourth-order valence-electron chi connectivity index (χ4n) is 2.77. The molecule has 0 amide bonds. The van der Waals surface area contributed by atoms with Gasteiger partial charge in [0.2, 0.25) is 0 Å². The minimum Gasteiger partial charge on any atom is -0.460 e. The Morgan fingerprint density at radius 1 is 1.32 bits per heavy atom. The zero-order valence-electron chi connectivity index (χ0n) is 13.4. The number of carbonyl (C=O) groups excluding carboxylic acids is 2. The number of Topliss-reactive ketones (excluding diaryl/α,β-unsaturated/α-hetero) is 1. The second-order valence-corrected chi connectivity index (χ2v) is 9.68. The molecule has 0 heterocycles. The monoisotopic (exact) mass is 328 g/mol. The van der Waals surface area contributed by atoms with Gasteiger partial charge in [0.25, 0.3) is 0 Å². The second kappa shape index (κ2) is 5.48. The van der Waals surface area contributed by atoms with Crippen molar-refractivity contribution in [2.75, 3.05) is 5.75 Å². The molecule has 0 bridgehead atoms. The van der Waals surface area contributed by atoms with Crippen LogP contribution in [0.5, 0.6) is 0 Å². The van der Waals surface area contributed by atoms with Gasteiger partial charge in [0.05, 0.1) is 11.7 Å². The molecule has 2 aliphatic carbocycles. The molecule has 6 heteroatoms. The summed E-state index contributed by atoms with van der Waals surface area (Å²) >= 11 is 0. The van der Waals surface area contributed by atoms with Crippen molar-refractivity contribution in [1.82, 2.24) is 0 Å². The van der Waals surface area contributed by atoms with E-state index >= 15 is 0 Å². The summed E-state index contributed by atoms with van der Waals surface area (Å²) in [6, 6.07) is 0. The molecule has 2 rings (SSSR count). The summed E-state index contributed by atoms with van der Waals surface area (Å²) in [5.41, 5.74) is -1.55. The van der Waals surface area contributed by atoms with Crippen LogP contribution in [0.3, 0.4) is 0 Å². The number of carbonyl (C=O) groups is 2. The molecule has 0 aromatic heterocycles. The van der Waals surface area contributed by atoms with Crippen LogP contribution in [0.2, 0.25) is 0 Å². The number of rotatable bonds is 7. The van der Waals surface area contributed by atoms with E-state index in [4.69, 9.17) is 4.74 Å². The SMILES string of the molecule is C=C[C@@H]1C[C@]1(CC(=O)OC(C)(C)C)C(=O)CS(=O)(=O)C1CC1. The summed E-state index contributed by atoms with van der Waals surface area (Å²) in [7, 11) is -3.37. The number of esters is 1. The minimum atomic E-state index is -3.37. The van der Waals surface area contributed by atoms with Gasteiger partial charge in [-0.05, 0) is 46.0 Å². The third-order valence-corrected chi connectivity index (χ3v) is 6.37. The van der Waals surface area contributed by atoms with E-state index in [0.29, 0.717) is 19.3 Å². The van der Waals surface area contributed by atoms with Crippen molar-refractivity contribution in [2.24, 2.45) is 11.3 Å². The van der Waals surface area contributed by atoms with Crippen LogP contribution in [0, 0.1) is 11.3 Å². The quantitative estimate of drug-likeness (QED) is 0.528. The van der Waals surface area contributed by atoms with Crippen molar-refractivity contribution in [1.29, 1.82) is 0 Å². The van der Waals surface area contributed by atoms with Gasteiger partial charge in [0, 0.05) is 5.41 Å². The first-order chi connectivity index (χ1) is 10.00. The normalized spacial score (nSPS) is 28.0. The van der Waals surface area contributed by atoms with Gasteiger partial charge in [-0.3, -0.25) is 9.59 Å². The maximum atomic E-state index is 12.5. The number of sulfone groups is 1. The minimum absolute atomic E-state index is 0.0695. The molecule has 0 saturated heterocycles. The van der Waals surface area contributed by atoms with E-state index in [2.05, 4.69) is 6.58 Å². The Balaban J connectivity index is 2.07. The Bertz CT molecular complexity index is 595. The van der Waals surface area contributed by atoms with Gasteiger partial charge in [-0.1, -0.05) is 6.08 Å². The highest BCUT2D eigenvalue weighted by molar-refractivity contribution is 7.93. The molecule has 22 heavy (non-hydrogen) atoms. The predicted molar refractivity (Wildman–Crippen MR) is 83.0 cm³/mol. The molecular formula is C16H24O5S. The summed E-state index contributed by atoms with van der Waals surface area (Å²) in [5.74, 6) is -1.43. The van der Waals surface area contributed by atoms with E-state index in [0.717, 1.165) is 0 Å². The molecule has 2 fully saturated rings. The van der Waals surface area contributed by atoms with Crippen LogP contribution < -0.4 is 0 Å². The molecule has 2 atom stereocenters. The fraction of sp³-hybridized carbons (Fsp3) is 0.750. The van der Waals surface area contributed by atoms with E-state index in [-0.39, 0.29) is 23.4 Å². The predicted octanol–water partition coefficient (Wildman–Crippen LogP) is 2.06. The van der Waals surface area contributed by atoms with Gasteiger partial charge in [-0.2, -0.15) is 0 Å². The smallest absolute Gasteiger partial charge is 0.307 e. The molecule has 2 aliphatic rings. The van der Waals surface area contributed by atoms with E-state index in [9.17, 15) is 18.0 Å². The lowest BCUT2D eigenvalue weighted by Crippen LogP contribution is -2.32. The average Bonchev–Trinajstić information content (AvgIpc) is 3.20. The van der Waals surface area contributed by atoms with Crippen molar-refractivity contribution < 1.29 is 22.7 Å². The Hall–Kier alpha value is -1.17. The summed E-state index contributed by atoms with van der Waals surface area (Å²) in [6.07, 6.45) is 3.32. The van der Waals surface area contributed by atoms with E-state index < -0.39 is 32.6 Å². The van der Waals surface area contributed by atoms with Crippen molar-refractivity contribution in [3.8, 4) is 0 Å². The lowest BCUT2D eigenvalue weighted by Gasteiger charge is -2.22. The van der Waals surface area contributed by atoms with Crippen LogP contribution in [-0.2, 0) is 24.2 Å². The van der Waals surface area contributed by atoms with Crippen LogP contribution in [0.25, 0.3) is 0 Å². The molecule has 0 aromatic rings. The van der Waals surface area contributed by atoms with E-state index in [1.54, 1.807) is 26.8 Å². The number of hydrogen-bond acceptors (Lipinski definition) is 5. The summed E-state index contributed by atoms with van der Waals surface area (Å²) in [4.78, 5) is 24.5. The van der Waals surface area contributed by atoms with Crippen LogP contribution in [-0.4, -0.2) is 36.8 Å². The lowest BCUT2D eigenvalue weighted by molar-refractivity contribution is -0.157. The molecule has 0 aromatic carbocycles. The molecule has 2 saturated carbocycles. The Labute approximate surface area is 132 Å². The molecule has 0 aliphatic heterocycles. The first kappa shape index (κ1) is 17.2. The summed E-state index contributed by atoms with van der Waals surface area (Å²) < 4.78 is 29.3. The third kappa shape index (κ3) is 3.77. The van der Waals surface area contributed by atoms with Gasteiger partial charge >= 0.3 is 5.97 Å². The maximum Gasteiger partial charge on any atom is 0.307 e. The van der Waals surface area contributed by atoms with Crippen LogP contribution in [0.1, 0.15) is 46.5 Å². The van der Waals surface area contributed by atoms with Crippen molar-refractivity contribution >= 4 is 21.6 Å². The summed E-state index contributed by atoms with van der Waals surface area (Å²) in [5, 5.41) is -0.365. The molecule has 0 unspecified atom stereocenters. The van der Waals surface area contributed by atoms with Crippen molar-refractivity contribution in [2.45, 2.75) is 57.3 Å². The average molecular weight is 328 g/mol.